The smallest absolute Gasteiger partial charge is 0.228 e. The van der Waals surface area contributed by atoms with Crippen molar-refractivity contribution in [3.8, 4) is 5.88 Å². The van der Waals surface area contributed by atoms with E-state index in [0.29, 0.717) is 18.3 Å². The first-order chi connectivity index (χ1) is 8.78. The van der Waals surface area contributed by atoms with Gasteiger partial charge in [-0.25, -0.2) is 0 Å². The minimum absolute atomic E-state index is 0.0423. The molecule has 0 aromatic carbocycles. The van der Waals surface area contributed by atoms with E-state index in [1.54, 1.807) is 12.1 Å². The molecule has 0 fully saturated rings. The fraction of sp³-hybridized carbons (Fsp3) is 0.600. The monoisotopic (exact) mass is 264 g/mol. The number of hydrogen-bond acceptors (Lipinski definition) is 3. The summed E-state index contributed by atoms with van der Waals surface area (Å²) < 4.78 is 5.60. The van der Waals surface area contributed by atoms with E-state index in [2.05, 4.69) is 31.1 Å². The van der Waals surface area contributed by atoms with E-state index in [4.69, 9.17) is 4.74 Å². The van der Waals surface area contributed by atoms with Gasteiger partial charge in [0.15, 0.2) is 0 Å². The SMILES string of the molecule is CC(C)C(=O)Nc1cccc(OCCC(C)(C)C)n1. The van der Waals surface area contributed by atoms with Gasteiger partial charge in [-0.05, 0) is 17.9 Å². The number of ether oxygens (including phenoxy) is 1. The number of nitrogens with zero attached hydrogens (tertiary/aromatic N) is 1. The summed E-state index contributed by atoms with van der Waals surface area (Å²) in [6.45, 7) is 10.8. The van der Waals surface area contributed by atoms with Crippen LogP contribution in [0.25, 0.3) is 0 Å². The summed E-state index contributed by atoms with van der Waals surface area (Å²) >= 11 is 0. The standard InChI is InChI=1S/C15H24N2O2/c1-11(2)14(18)17-12-7-6-8-13(16-12)19-10-9-15(3,4)5/h6-8,11H,9-10H2,1-5H3,(H,16,17,18). The number of carbonyl (C=O) groups excluding carboxylic acids is 1. The third-order valence-corrected chi connectivity index (χ3v) is 2.60. The second kappa shape index (κ2) is 6.55. The Morgan fingerprint density at radius 2 is 2.05 bits per heavy atom. The minimum Gasteiger partial charge on any atom is -0.478 e. The van der Waals surface area contributed by atoms with Crippen LogP contribution < -0.4 is 10.1 Å². The number of pyridine rings is 1. The van der Waals surface area contributed by atoms with Crippen LogP contribution in [0.2, 0.25) is 0 Å². The molecule has 1 heterocycles. The van der Waals surface area contributed by atoms with Crippen molar-refractivity contribution >= 4 is 11.7 Å². The first-order valence-corrected chi connectivity index (χ1v) is 6.69. The van der Waals surface area contributed by atoms with Crippen LogP contribution in [0.3, 0.4) is 0 Å². The number of amides is 1. The van der Waals surface area contributed by atoms with E-state index >= 15 is 0 Å². The molecule has 0 aliphatic rings. The number of anilines is 1. The molecule has 0 aliphatic carbocycles. The molecule has 0 saturated carbocycles. The summed E-state index contributed by atoms with van der Waals surface area (Å²) in [4.78, 5) is 15.8. The van der Waals surface area contributed by atoms with Gasteiger partial charge in [0.2, 0.25) is 11.8 Å². The maximum Gasteiger partial charge on any atom is 0.228 e. The molecule has 106 valence electrons. The van der Waals surface area contributed by atoms with Crippen molar-refractivity contribution in [1.29, 1.82) is 0 Å². The average Bonchev–Trinajstić information content (AvgIpc) is 2.27. The highest BCUT2D eigenvalue weighted by atomic mass is 16.5. The predicted octanol–water partition coefficient (Wildman–Crippen LogP) is 3.49. The lowest BCUT2D eigenvalue weighted by molar-refractivity contribution is -0.118. The maximum absolute atomic E-state index is 11.6. The van der Waals surface area contributed by atoms with Crippen LogP contribution in [-0.4, -0.2) is 17.5 Å². The molecule has 4 heteroatoms. The molecule has 0 aliphatic heterocycles. The Morgan fingerprint density at radius 1 is 1.37 bits per heavy atom. The van der Waals surface area contributed by atoms with Crippen LogP contribution in [0.15, 0.2) is 18.2 Å². The highest BCUT2D eigenvalue weighted by molar-refractivity contribution is 5.91. The molecule has 1 aromatic heterocycles. The lowest BCUT2D eigenvalue weighted by Crippen LogP contribution is -2.18. The predicted molar refractivity (Wildman–Crippen MR) is 77.3 cm³/mol. The molecular formula is C15H24N2O2. The van der Waals surface area contributed by atoms with Crippen molar-refractivity contribution in [3.05, 3.63) is 18.2 Å². The molecule has 0 spiro atoms. The van der Waals surface area contributed by atoms with Gasteiger partial charge in [-0.3, -0.25) is 4.79 Å². The summed E-state index contributed by atoms with van der Waals surface area (Å²) in [5.41, 5.74) is 0.240. The first kappa shape index (κ1) is 15.5. The molecule has 0 atom stereocenters. The van der Waals surface area contributed by atoms with Crippen molar-refractivity contribution in [2.24, 2.45) is 11.3 Å². The normalized spacial score (nSPS) is 11.5. The largest absolute Gasteiger partial charge is 0.478 e. The van der Waals surface area contributed by atoms with E-state index in [9.17, 15) is 4.79 Å². The second-order valence-electron chi connectivity index (χ2n) is 6.16. The van der Waals surface area contributed by atoms with Crippen molar-refractivity contribution in [2.75, 3.05) is 11.9 Å². The third kappa shape index (κ3) is 6.22. The van der Waals surface area contributed by atoms with Crippen molar-refractivity contribution in [2.45, 2.75) is 41.0 Å². The molecule has 0 unspecified atom stereocenters. The third-order valence-electron chi connectivity index (χ3n) is 2.60. The average molecular weight is 264 g/mol. The number of aromatic nitrogens is 1. The van der Waals surface area contributed by atoms with Crippen LogP contribution in [-0.2, 0) is 4.79 Å². The van der Waals surface area contributed by atoms with Gasteiger partial charge in [0.25, 0.3) is 0 Å². The Morgan fingerprint density at radius 3 is 2.63 bits per heavy atom. The van der Waals surface area contributed by atoms with E-state index in [0.717, 1.165) is 6.42 Å². The molecule has 0 saturated heterocycles. The second-order valence-corrected chi connectivity index (χ2v) is 6.16. The summed E-state index contributed by atoms with van der Waals surface area (Å²) in [5.74, 6) is 0.976. The molecular weight excluding hydrogens is 240 g/mol. The topological polar surface area (TPSA) is 51.2 Å². The van der Waals surface area contributed by atoms with E-state index in [1.807, 2.05) is 19.9 Å². The Labute approximate surface area is 115 Å². The zero-order valence-electron chi connectivity index (χ0n) is 12.5. The van der Waals surface area contributed by atoms with Crippen LogP contribution in [0.5, 0.6) is 5.88 Å². The van der Waals surface area contributed by atoms with Crippen LogP contribution >= 0.6 is 0 Å². The van der Waals surface area contributed by atoms with Crippen LogP contribution in [0.4, 0.5) is 5.82 Å². The van der Waals surface area contributed by atoms with Crippen molar-refractivity contribution in [1.82, 2.24) is 4.98 Å². The molecule has 1 amide bonds. The van der Waals surface area contributed by atoms with Gasteiger partial charge in [0.05, 0.1) is 6.61 Å². The summed E-state index contributed by atoms with van der Waals surface area (Å²) in [6.07, 6.45) is 0.956. The minimum atomic E-state index is -0.0627. The van der Waals surface area contributed by atoms with Crippen molar-refractivity contribution in [3.63, 3.8) is 0 Å². The van der Waals surface area contributed by atoms with Gasteiger partial charge in [0.1, 0.15) is 5.82 Å². The zero-order valence-corrected chi connectivity index (χ0v) is 12.5. The summed E-state index contributed by atoms with van der Waals surface area (Å²) in [7, 11) is 0. The van der Waals surface area contributed by atoms with Gasteiger partial charge >= 0.3 is 0 Å². The fourth-order valence-electron chi connectivity index (χ4n) is 1.30. The highest BCUT2D eigenvalue weighted by Crippen LogP contribution is 2.19. The lowest BCUT2D eigenvalue weighted by atomic mass is 9.93. The quantitative estimate of drug-likeness (QED) is 0.885. The molecule has 1 aromatic rings. The van der Waals surface area contributed by atoms with Gasteiger partial charge < -0.3 is 10.1 Å². The molecule has 0 bridgehead atoms. The van der Waals surface area contributed by atoms with Gasteiger partial charge in [0, 0.05) is 12.0 Å². The molecule has 4 nitrogen and oxygen atoms in total. The summed E-state index contributed by atoms with van der Waals surface area (Å²) in [5, 5.41) is 2.76. The molecule has 0 radical (unpaired) electrons. The number of hydrogen-bond donors (Lipinski definition) is 1. The van der Waals surface area contributed by atoms with Crippen LogP contribution in [0.1, 0.15) is 41.0 Å². The Kier molecular flexibility index (Phi) is 5.33. The van der Waals surface area contributed by atoms with Crippen molar-refractivity contribution < 1.29 is 9.53 Å². The van der Waals surface area contributed by atoms with Crippen LogP contribution in [0, 0.1) is 11.3 Å². The fourth-order valence-corrected chi connectivity index (χ4v) is 1.30. The molecule has 19 heavy (non-hydrogen) atoms. The maximum atomic E-state index is 11.6. The van der Waals surface area contributed by atoms with Gasteiger partial charge in [-0.2, -0.15) is 4.98 Å². The number of carbonyl (C=O) groups is 1. The molecule has 1 N–H and O–H groups in total. The zero-order chi connectivity index (χ0) is 14.5. The summed E-state index contributed by atoms with van der Waals surface area (Å²) in [6, 6.07) is 5.39. The Bertz CT molecular complexity index is 422. The van der Waals surface area contributed by atoms with E-state index in [1.165, 1.54) is 0 Å². The Hall–Kier alpha value is -1.58. The number of nitrogens with one attached hydrogen (secondary N) is 1. The van der Waals surface area contributed by atoms with E-state index < -0.39 is 0 Å². The molecule has 1 rings (SSSR count). The van der Waals surface area contributed by atoms with E-state index in [-0.39, 0.29) is 17.2 Å². The number of rotatable bonds is 5. The van der Waals surface area contributed by atoms with Gasteiger partial charge in [-0.15, -0.1) is 0 Å². The lowest BCUT2D eigenvalue weighted by Gasteiger charge is -2.17. The highest BCUT2D eigenvalue weighted by Gasteiger charge is 2.11. The van der Waals surface area contributed by atoms with Gasteiger partial charge in [-0.1, -0.05) is 40.7 Å². The Balaban J connectivity index is 2.55. The first-order valence-electron chi connectivity index (χ1n) is 6.69.